The number of hydrogen-bond donors (Lipinski definition) is 2. The number of carbonyl (C=O) groups is 3. The molecule has 0 unspecified atom stereocenters. The topological polar surface area (TPSA) is 86.7 Å². The van der Waals surface area contributed by atoms with E-state index in [0.717, 1.165) is 22.9 Å². The van der Waals surface area contributed by atoms with Crippen molar-refractivity contribution in [1.29, 1.82) is 0 Å². The number of rotatable bonds is 5. The van der Waals surface area contributed by atoms with Gasteiger partial charge in [0.15, 0.2) is 0 Å². The molecule has 1 atom stereocenters. The van der Waals surface area contributed by atoms with Gasteiger partial charge in [0.2, 0.25) is 5.91 Å². The van der Waals surface area contributed by atoms with Crippen LogP contribution in [-0.4, -0.2) is 44.7 Å². The van der Waals surface area contributed by atoms with Crippen LogP contribution in [-0.2, 0) is 14.4 Å². The molecular weight excluding hydrogens is 348 g/mol. The summed E-state index contributed by atoms with van der Waals surface area (Å²) in [5.74, 6) is -2.07. The summed E-state index contributed by atoms with van der Waals surface area (Å²) in [5, 5.41) is 11.1. The summed E-state index contributed by atoms with van der Waals surface area (Å²) in [4.78, 5) is 36.6. The van der Waals surface area contributed by atoms with Crippen LogP contribution in [0.1, 0.15) is 18.1 Å². The molecule has 1 fully saturated rings. The van der Waals surface area contributed by atoms with Crippen LogP contribution < -0.4 is 5.32 Å². The highest BCUT2D eigenvalue weighted by Gasteiger charge is 2.33. The Kier molecular flexibility index (Phi) is 5.74. The first-order valence-corrected chi connectivity index (χ1v) is 8.34. The summed E-state index contributed by atoms with van der Waals surface area (Å²) in [6, 6.07) is 6.63. The second-order valence-corrected chi connectivity index (χ2v) is 6.98. The molecule has 24 heavy (non-hydrogen) atoms. The first kappa shape index (κ1) is 18.2. The lowest BCUT2D eigenvalue weighted by Crippen LogP contribution is -2.45. The van der Waals surface area contributed by atoms with Gasteiger partial charge in [-0.25, -0.2) is 0 Å². The number of benzene rings is 1. The number of thiocarbonyl (C=S) groups is 1. The van der Waals surface area contributed by atoms with Crippen molar-refractivity contribution in [2.45, 2.75) is 19.9 Å². The van der Waals surface area contributed by atoms with E-state index in [9.17, 15) is 14.4 Å². The van der Waals surface area contributed by atoms with E-state index in [1.165, 1.54) is 11.8 Å². The number of nitrogens with one attached hydrogen (secondary N) is 1. The van der Waals surface area contributed by atoms with Gasteiger partial charge < -0.3 is 10.4 Å². The number of amides is 2. The second-order valence-electron chi connectivity index (χ2n) is 5.31. The van der Waals surface area contributed by atoms with Crippen molar-refractivity contribution in [2.75, 3.05) is 6.54 Å². The van der Waals surface area contributed by atoms with Crippen LogP contribution in [0.15, 0.2) is 29.2 Å². The molecule has 1 aliphatic heterocycles. The lowest BCUT2D eigenvalue weighted by atomic mass is 10.1. The summed E-state index contributed by atoms with van der Waals surface area (Å²) < 4.78 is 0.275. The Morgan fingerprint density at radius 2 is 2.00 bits per heavy atom. The van der Waals surface area contributed by atoms with Crippen molar-refractivity contribution in [3.63, 3.8) is 0 Å². The number of carbonyl (C=O) groups excluding carboxylic acids is 2. The minimum Gasteiger partial charge on any atom is -0.480 e. The summed E-state index contributed by atoms with van der Waals surface area (Å²) in [6.07, 6.45) is 1.72. The Morgan fingerprint density at radius 3 is 2.58 bits per heavy atom. The minimum atomic E-state index is -1.15. The van der Waals surface area contributed by atoms with Gasteiger partial charge in [-0.3, -0.25) is 19.3 Å². The number of aliphatic carboxylic acids is 1. The average molecular weight is 364 g/mol. The zero-order valence-corrected chi connectivity index (χ0v) is 14.7. The smallest absolute Gasteiger partial charge is 0.325 e. The van der Waals surface area contributed by atoms with Crippen LogP contribution in [0.5, 0.6) is 0 Å². The standard InChI is InChI=1S/C16H16N2O4S2/c1-9-3-5-11(6-4-9)7-12-14(20)18(16(23)24-12)8-13(19)17-10(2)15(21)22/h3-7,10H,8H2,1-2H3,(H,17,19)(H,21,22)/b12-7-/t10-/m0/s1. The number of aryl methyl sites for hydroxylation is 1. The molecule has 2 amide bonds. The van der Waals surface area contributed by atoms with Crippen LogP contribution >= 0.6 is 24.0 Å². The highest BCUT2D eigenvalue weighted by Crippen LogP contribution is 2.32. The maximum atomic E-state index is 12.4. The molecule has 1 heterocycles. The monoisotopic (exact) mass is 364 g/mol. The number of nitrogens with zero attached hydrogens (tertiary/aromatic N) is 1. The van der Waals surface area contributed by atoms with Gasteiger partial charge in [-0.05, 0) is 25.5 Å². The van der Waals surface area contributed by atoms with Crippen molar-refractivity contribution < 1.29 is 19.5 Å². The summed E-state index contributed by atoms with van der Waals surface area (Å²) >= 11 is 6.27. The molecule has 0 saturated carbocycles. The largest absolute Gasteiger partial charge is 0.480 e. The van der Waals surface area contributed by atoms with Crippen molar-refractivity contribution in [1.82, 2.24) is 10.2 Å². The first-order chi connectivity index (χ1) is 11.3. The Balaban J connectivity index is 2.07. The van der Waals surface area contributed by atoms with Crippen LogP contribution in [0.2, 0.25) is 0 Å². The third kappa shape index (κ3) is 4.42. The molecule has 2 rings (SSSR count). The van der Waals surface area contributed by atoms with E-state index in [-0.39, 0.29) is 16.8 Å². The van der Waals surface area contributed by atoms with Gasteiger partial charge in [0.25, 0.3) is 5.91 Å². The number of hydrogen-bond acceptors (Lipinski definition) is 5. The van der Waals surface area contributed by atoms with Crippen molar-refractivity contribution in [3.05, 3.63) is 40.3 Å². The summed E-state index contributed by atoms with van der Waals surface area (Å²) in [6.45, 7) is 3.02. The Hall–Kier alpha value is -2.19. The fraction of sp³-hybridized carbons (Fsp3) is 0.250. The van der Waals surface area contributed by atoms with E-state index in [2.05, 4.69) is 5.32 Å². The maximum absolute atomic E-state index is 12.4. The zero-order valence-electron chi connectivity index (χ0n) is 13.1. The predicted molar refractivity (Wildman–Crippen MR) is 96.3 cm³/mol. The van der Waals surface area contributed by atoms with Crippen molar-refractivity contribution >= 4 is 52.2 Å². The third-order valence-electron chi connectivity index (χ3n) is 3.30. The molecule has 8 heteroatoms. The second kappa shape index (κ2) is 7.59. The van der Waals surface area contributed by atoms with Gasteiger partial charge in [0.1, 0.15) is 16.9 Å². The van der Waals surface area contributed by atoms with Gasteiger partial charge in [-0.15, -0.1) is 0 Å². The molecule has 1 aromatic rings. The Bertz CT molecular complexity index is 728. The first-order valence-electron chi connectivity index (χ1n) is 7.12. The van der Waals surface area contributed by atoms with E-state index in [0.29, 0.717) is 4.91 Å². The fourth-order valence-electron chi connectivity index (χ4n) is 1.94. The lowest BCUT2D eigenvalue weighted by molar-refractivity contribution is -0.141. The maximum Gasteiger partial charge on any atom is 0.325 e. The zero-order chi connectivity index (χ0) is 17.9. The molecular formula is C16H16N2O4S2. The molecule has 0 radical (unpaired) electrons. The molecule has 1 aliphatic rings. The molecule has 2 N–H and O–H groups in total. The van der Waals surface area contributed by atoms with E-state index in [4.69, 9.17) is 17.3 Å². The molecule has 1 saturated heterocycles. The fourth-order valence-corrected chi connectivity index (χ4v) is 3.20. The Morgan fingerprint density at radius 1 is 1.38 bits per heavy atom. The highest BCUT2D eigenvalue weighted by atomic mass is 32.2. The minimum absolute atomic E-state index is 0.275. The molecule has 0 spiro atoms. The summed E-state index contributed by atoms with van der Waals surface area (Å²) in [7, 11) is 0. The van der Waals surface area contributed by atoms with Gasteiger partial charge in [-0.2, -0.15) is 0 Å². The molecule has 126 valence electrons. The number of carboxylic acid groups (broad SMARTS) is 1. The molecule has 0 bridgehead atoms. The number of thioether (sulfide) groups is 1. The summed E-state index contributed by atoms with van der Waals surface area (Å²) in [5.41, 5.74) is 1.98. The third-order valence-corrected chi connectivity index (χ3v) is 4.68. The molecule has 0 aromatic heterocycles. The molecule has 0 aliphatic carbocycles. The molecule has 6 nitrogen and oxygen atoms in total. The van der Waals surface area contributed by atoms with Gasteiger partial charge in [0, 0.05) is 0 Å². The van der Waals surface area contributed by atoms with Crippen molar-refractivity contribution in [2.24, 2.45) is 0 Å². The normalized spacial score (nSPS) is 17.2. The van der Waals surface area contributed by atoms with E-state index >= 15 is 0 Å². The molecule has 1 aromatic carbocycles. The van der Waals surface area contributed by atoms with E-state index < -0.39 is 17.9 Å². The quantitative estimate of drug-likeness (QED) is 0.612. The van der Waals surface area contributed by atoms with E-state index in [1.54, 1.807) is 6.08 Å². The van der Waals surface area contributed by atoms with E-state index in [1.807, 2.05) is 31.2 Å². The van der Waals surface area contributed by atoms with Crippen molar-refractivity contribution in [3.8, 4) is 0 Å². The average Bonchev–Trinajstić information content (AvgIpc) is 2.77. The SMILES string of the molecule is Cc1ccc(/C=C2\SC(=S)N(CC(=O)N[C@@H](C)C(=O)O)C2=O)cc1. The van der Waals surface area contributed by atoms with Gasteiger partial charge in [0.05, 0.1) is 4.91 Å². The predicted octanol–water partition coefficient (Wildman–Crippen LogP) is 1.79. The van der Waals surface area contributed by atoms with Crippen LogP contribution in [0, 0.1) is 6.92 Å². The highest BCUT2D eigenvalue weighted by molar-refractivity contribution is 8.26. The Labute approximate surface area is 148 Å². The van der Waals surface area contributed by atoms with Crippen LogP contribution in [0.3, 0.4) is 0 Å². The number of carboxylic acids is 1. The van der Waals surface area contributed by atoms with Gasteiger partial charge >= 0.3 is 5.97 Å². The van der Waals surface area contributed by atoms with Gasteiger partial charge in [-0.1, -0.05) is 53.8 Å². The van der Waals surface area contributed by atoms with Crippen LogP contribution in [0.25, 0.3) is 6.08 Å². The van der Waals surface area contributed by atoms with Crippen LogP contribution in [0.4, 0.5) is 0 Å². The lowest BCUT2D eigenvalue weighted by Gasteiger charge is -2.15.